The highest BCUT2D eigenvalue weighted by atomic mass is 14.6. The standard InChI is InChI=1S/C44H43N/c1-8-13-21-35(20-9-2)32(7)31(6)30-36(45)29-28-34(11-4)43-39-24-16-18-26-41(39)44(42-27-19-17-25-40(42)43)37(12-5)38-23-15-14-22-33(38)10-3/h3,8,11-19,21-30H,1,6,9,20,45H2,2,4-5,7H3/b21-13-,29-28-,34-11+,35-32+,36-30-,37-12+. The second-order valence-corrected chi connectivity index (χ2v) is 11.0. The Morgan fingerprint density at radius 3 is 1.93 bits per heavy atom. The van der Waals surface area contributed by atoms with Crippen LogP contribution in [0.2, 0.25) is 0 Å². The third-order valence-corrected chi connectivity index (χ3v) is 8.17. The van der Waals surface area contributed by atoms with Gasteiger partial charge >= 0.3 is 0 Å². The number of nitrogens with two attached hydrogens (primary N) is 1. The molecule has 0 bridgehead atoms. The van der Waals surface area contributed by atoms with Crippen molar-refractivity contribution in [2.45, 2.75) is 40.5 Å². The van der Waals surface area contributed by atoms with Gasteiger partial charge in [-0.05, 0) is 112 Å². The van der Waals surface area contributed by atoms with E-state index in [1.807, 2.05) is 36.4 Å². The van der Waals surface area contributed by atoms with Crippen molar-refractivity contribution in [3.05, 3.63) is 179 Å². The summed E-state index contributed by atoms with van der Waals surface area (Å²) in [4.78, 5) is 0. The molecule has 0 aliphatic rings. The minimum Gasteiger partial charge on any atom is -0.399 e. The Balaban J connectivity index is 1.88. The summed E-state index contributed by atoms with van der Waals surface area (Å²) in [5.41, 5.74) is 17.0. The molecule has 0 saturated carbocycles. The van der Waals surface area contributed by atoms with Crippen molar-refractivity contribution >= 4 is 32.7 Å². The highest BCUT2D eigenvalue weighted by Crippen LogP contribution is 2.42. The van der Waals surface area contributed by atoms with E-state index >= 15 is 0 Å². The molecule has 4 aromatic carbocycles. The number of benzene rings is 4. The summed E-state index contributed by atoms with van der Waals surface area (Å²) in [6.07, 6.45) is 24.2. The van der Waals surface area contributed by atoms with E-state index in [1.165, 1.54) is 38.2 Å². The van der Waals surface area contributed by atoms with E-state index in [2.05, 4.69) is 126 Å². The van der Waals surface area contributed by atoms with Crippen LogP contribution in [-0.4, -0.2) is 0 Å². The molecule has 0 saturated heterocycles. The highest BCUT2D eigenvalue weighted by molar-refractivity contribution is 6.18. The zero-order chi connectivity index (χ0) is 32.3. The fraction of sp³-hybridized carbons (Fsp3) is 0.136. The van der Waals surface area contributed by atoms with Crippen molar-refractivity contribution in [2.24, 2.45) is 5.73 Å². The van der Waals surface area contributed by atoms with Gasteiger partial charge in [-0.1, -0.05) is 136 Å². The summed E-state index contributed by atoms with van der Waals surface area (Å²) in [5.74, 6) is 2.89. The minimum atomic E-state index is 0.648. The van der Waals surface area contributed by atoms with E-state index in [0.29, 0.717) is 5.70 Å². The molecule has 2 N–H and O–H groups in total. The van der Waals surface area contributed by atoms with Crippen molar-refractivity contribution in [3.63, 3.8) is 0 Å². The molecule has 0 heterocycles. The van der Waals surface area contributed by atoms with Crippen molar-refractivity contribution < 1.29 is 0 Å². The SMILES string of the molecule is C#Cc1ccccc1/C(=C\C)c1c2ccccc2c(C(/C=C\C(N)=C\C(=C)/C(C)=C(/C=C\C=C)CCC)=C/C)c2ccccc12. The lowest BCUT2D eigenvalue weighted by Crippen LogP contribution is -1.99. The van der Waals surface area contributed by atoms with Crippen LogP contribution in [0.15, 0.2) is 157 Å². The Labute approximate surface area is 269 Å². The zero-order valence-corrected chi connectivity index (χ0v) is 27.0. The molecule has 4 rings (SSSR count). The first-order chi connectivity index (χ1) is 21.9. The quantitative estimate of drug-likeness (QED) is 0.106. The summed E-state index contributed by atoms with van der Waals surface area (Å²) >= 11 is 0. The van der Waals surface area contributed by atoms with E-state index < -0.39 is 0 Å². The van der Waals surface area contributed by atoms with Crippen LogP contribution in [0, 0.1) is 12.3 Å². The molecule has 0 amide bonds. The lowest BCUT2D eigenvalue weighted by atomic mass is 9.83. The molecule has 0 fully saturated rings. The molecule has 0 radical (unpaired) electrons. The number of fused-ring (bicyclic) bond motifs is 2. The molecule has 224 valence electrons. The number of rotatable bonds is 11. The minimum absolute atomic E-state index is 0.648. The molecule has 0 spiro atoms. The van der Waals surface area contributed by atoms with Gasteiger partial charge in [-0.2, -0.15) is 0 Å². The molecular weight excluding hydrogens is 542 g/mol. The van der Waals surface area contributed by atoms with Gasteiger partial charge in [-0.15, -0.1) is 6.42 Å². The van der Waals surface area contributed by atoms with Crippen LogP contribution in [0.1, 0.15) is 62.8 Å². The first-order valence-electron chi connectivity index (χ1n) is 15.6. The van der Waals surface area contributed by atoms with Crippen molar-refractivity contribution in [1.82, 2.24) is 0 Å². The lowest BCUT2D eigenvalue weighted by molar-refractivity contribution is 0.915. The van der Waals surface area contributed by atoms with Gasteiger partial charge in [0.05, 0.1) is 0 Å². The van der Waals surface area contributed by atoms with Gasteiger partial charge in [-0.3, -0.25) is 0 Å². The van der Waals surface area contributed by atoms with Crippen molar-refractivity contribution in [2.75, 3.05) is 0 Å². The highest BCUT2D eigenvalue weighted by Gasteiger charge is 2.19. The molecule has 1 heteroatoms. The van der Waals surface area contributed by atoms with Gasteiger partial charge in [0.15, 0.2) is 0 Å². The summed E-state index contributed by atoms with van der Waals surface area (Å²) < 4.78 is 0. The predicted molar refractivity (Wildman–Crippen MR) is 200 cm³/mol. The average molecular weight is 586 g/mol. The number of hydrogen-bond donors (Lipinski definition) is 1. The number of allylic oxidation sites excluding steroid dienone is 12. The van der Waals surface area contributed by atoms with Crippen LogP contribution in [0.3, 0.4) is 0 Å². The second-order valence-electron chi connectivity index (χ2n) is 11.0. The maximum atomic E-state index is 6.57. The predicted octanol–water partition coefficient (Wildman–Crippen LogP) is 11.6. The van der Waals surface area contributed by atoms with Crippen LogP contribution < -0.4 is 5.73 Å². The molecule has 1 nitrogen and oxygen atoms in total. The summed E-state index contributed by atoms with van der Waals surface area (Å²) in [5, 5.41) is 4.69. The van der Waals surface area contributed by atoms with Gasteiger partial charge in [0.1, 0.15) is 0 Å². The van der Waals surface area contributed by atoms with Crippen LogP contribution in [0.5, 0.6) is 0 Å². The van der Waals surface area contributed by atoms with E-state index in [0.717, 1.165) is 46.3 Å². The molecule has 4 aromatic rings. The Kier molecular flexibility index (Phi) is 11.2. The molecule has 45 heavy (non-hydrogen) atoms. The smallest absolute Gasteiger partial charge is 0.0321 e. The first-order valence-corrected chi connectivity index (χ1v) is 15.6. The van der Waals surface area contributed by atoms with Gasteiger partial charge in [0, 0.05) is 11.3 Å². The molecule has 0 unspecified atom stereocenters. The normalized spacial score (nSPS) is 13.4. The van der Waals surface area contributed by atoms with Gasteiger partial charge in [0.2, 0.25) is 0 Å². The largest absolute Gasteiger partial charge is 0.399 e. The first kappa shape index (κ1) is 32.6. The molecule has 0 aromatic heterocycles. The van der Waals surface area contributed by atoms with Crippen LogP contribution in [0.4, 0.5) is 0 Å². The fourth-order valence-corrected chi connectivity index (χ4v) is 5.93. The zero-order valence-electron chi connectivity index (χ0n) is 27.0. The Bertz CT molecular complexity index is 1920. The van der Waals surface area contributed by atoms with Crippen LogP contribution in [0.25, 0.3) is 32.7 Å². The van der Waals surface area contributed by atoms with E-state index in [-0.39, 0.29) is 0 Å². The van der Waals surface area contributed by atoms with Gasteiger partial charge in [0.25, 0.3) is 0 Å². The molecule has 0 aliphatic carbocycles. The third kappa shape index (κ3) is 7.09. The summed E-state index contributed by atoms with van der Waals surface area (Å²) in [7, 11) is 0. The second kappa shape index (κ2) is 15.4. The lowest BCUT2D eigenvalue weighted by Gasteiger charge is -2.20. The number of terminal acetylenes is 1. The fourth-order valence-electron chi connectivity index (χ4n) is 5.93. The van der Waals surface area contributed by atoms with Gasteiger partial charge in [-0.25, -0.2) is 0 Å². The summed E-state index contributed by atoms with van der Waals surface area (Å²) in [6, 6.07) is 25.4. The van der Waals surface area contributed by atoms with Crippen LogP contribution in [-0.2, 0) is 0 Å². The van der Waals surface area contributed by atoms with E-state index in [4.69, 9.17) is 12.2 Å². The Hall–Kier alpha value is -5.32. The van der Waals surface area contributed by atoms with Crippen molar-refractivity contribution in [1.29, 1.82) is 0 Å². The maximum Gasteiger partial charge on any atom is 0.0321 e. The van der Waals surface area contributed by atoms with E-state index in [9.17, 15) is 0 Å². The topological polar surface area (TPSA) is 26.0 Å². The van der Waals surface area contributed by atoms with Crippen molar-refractivity contribution in [3.8, 4) is 12.3 Å². The summed E-state index contributed by atoms with van der Waals surface area (Å²) in [6.45, 7) is 16.6. The van der Waals surface area contributed by atoms with Gasteiger partial charge < -0.3 is 5.73 Å². The third-order valence-electron chi connectivity index (χ3n) is 8.17. The number of hydrogen-bond acceptors (Lipinski definition) is 1. The molecule has 0 atom stereocenters. The Morgan fingerprint density at radius 1 is 0.822 bits per heavy atom. The maximum absolute atomic E-state index is 6.57. The monoisotopic (exact) mass is 585 g/mol. The Morgan fingerprint density at radius 2 is 1.40 bits per heavy atom. The average Bonchev–Trinajstić information content (AvgIpc) is 3.07. The van der Waals surface area contributed by atoms with E-state index in [1.54, 1.807) is 6.08 Å². The van der Waals surface area contributed by atoms with Crippen LogP contribution >= 0.6 is 0 Å². The molecular formula is C44H43N. The molecule has 0 aliphatic heterocycles.